The molecule has 1 aromatic carbocycles. The number of benzene rings is 1. The lowest BCUT2D eigenvalue weighted by atomic mass is 10.3. The molecule has 0 unspecified atom stereocenters. The van der Waals surface area contributed by atoms with Gasteiger partial charge in [0.1, 0.15) is 5.75 Å². The summed E-state index contributed by atoms with van der Waals surface area (Å²) >= 11 is 3.21. The third kappa shape index (κ3) is 6.88. The number of thiol groups is 1. The average molecular weight is 283 g/mol. The summed E-state index contributed by atoms with van der Waals surface area (Å²) in [6.45, 7) is 1.93. The fraction of sp³-hybridized carbons (Fsp3) is 0.250. The molecule has 0 saturated heterocycles. The highest BCUT2D eigenvalue weighted by molar-refractivity contribution is 9.10. The second-order valence-electron chi connectivity index (χ2n) is 2.09. The van der Waals surface area contributed by atoms with Gasteiger partial charge in [-0.2, -0.15) is 8.42 Å². The fourth-order valence-corrected chi connectivity index (χ4v) is 1.14. The molecular formula is C8H11BrO4S. The van der Waals surface area contributed by atoms with Gasteiger partial charge in [-0.3, -0.25) is 0 Å². The third-order valence-electron chi connectivity index (χ3n) is 0.994. The number of hydrogen-bond acceptors (Lipinski definition) is 4. The Morgan fingerprint density at radius 3 is 2.14 bits per heavy atom. The Balaban J connectivity index is 0.000000500. The van der Waals surface area contributed by atoms with Gasteiger partial charge in [0.2, 0.25) is 0 Å². The molecule has 4 nitrogen and oxygen atoms in total. The summed E-state index contributed by atoms with van der Waals surface area (Å²) < 4.78 is 25.4. The van der Waals surface area contributed by atoms with Crippen LogP contribution in [0.2, 0.25) is 0 Å². The number of hydrogen-bond donors (Lipinski definition) is 2. The van der Waals surface area contributed by atoms with Crippen LogP contribution in [0.25, 0.3) is 0 Å². The Hall–Kier alpha value is -0.590. The van der Waals surface area contributed by atoms with E-state index in [2.05, 4.69) is 20.1 Å². The van der Waals surface area contributed by atoms with Crippen molar-refractivity contribution in [2.45, 2.75) is 6.92 Å². The second-order valence-corrected chi connectivity index (χ2v) is 3.63. The zero-order chi connectivity index (χ0) is 11.0. The van der Waals surface area contributed by atoms with Crippen LogP contribution >= 0.6 is 15.9 Å². The molecule has 0 heterocycles. The predicted octanol–water partition coefficient (Wildman–Crippen LogP) is 1.35. The van der Waals surface area contributed by atoms with Crippen LogP contribution in [0.4, 0.5) is 0 Å². The highest BCUT2D eigenvalue weighted by atomic mass is 79.9. The molecule has 0 fully saturated rings. The van der Waals surface area contributed by atoms with Crippen LogP contribution in [-0.4, -0.2) is 20.1 Å². The maximum Gasteiger partial charge on any atom is 0.299 e. The molecule has 0 spiro atoms. The average Bonchev–Trinajstić information content (AvgIpc) is 2.09. The van der Waals surface area contributed by atoms with E-state index in [1.54, 1.807) is 31.2 Å². The van der Waals surface area contributed by atoms with Crippen molar-refractivity contribution in [1.82, 2.24) is 0 Å². The molecule has 0 atom stereocenters. The molecule has 1 N–H and O–H groups in total. The first-order chi connectivity index (χ1) is 6.60. The van der Waals surface area contributed by atoms with Gasteiger partial charge in [-0.05, 0) is 31.2 Å². The zero-order valence-electron chi connectivity index (χ0n) is 7.51. The molecule has 1 rings (SSSR count). The normalized spacial score (nSPS) is 9.14. The minimum absolute atomic E-state index is 0.250. The van der Waals surface area contributed by atoms with E-state index in [9.17, 15) is 8.42 Å². The molecule has 0 aliphatic rings. The van der Waals surface area contributed by atoms with Gasteiger partial charge in [-0.15, -0.1) is 0 Å². The molecule has 0 aliphatic heterocycles. The first kappa shape index (κ1) is 13.4. The van der Waals surface area contributed by atoms with Gasteiger partial charge < -0.3 is 9.29 Å². The van der Waals surface area contributed by atoms with E-state index in [1.165, 1.54) is 0 Å². The quantitative estimate of drug-likeness (QED) is 0.804. The summed E-state index contributed by atoms with van der Waals surface area (Å²) in [5, 5.41) is 7.57. The van der Waals surface area contributed by atoms with E-state index in [0.29, 0.717) is 5.75 Å². The SMILES string of the molecule is CCO.O=[SH](=O)Oc1ccc(Br)cc1. The van der Waals surface area contributed by atoms with Crippen LogP contribution in [0, 0.1) is 0 Å². The van der Waals surface area contributed by atoms with Crippen molar-refractivity contribution in [3.8, 4) is 5.75 Å². The minimum Gasteiger partial charge on any atom is -0.397 e. The zero-order valence-corrected chi connectivity index (χ0v) is 9.99. The van der Waals surface area contributed by atoms with Crippen molar-refractivity contribution >= 4 is 26.9 Å². The topological polar surface area (TPSA) is 63.6 Å². The van der Waals surface area contributed by atoms with Gasteiger partial charge in [-0.1, -0.05) is 15.9 Å². The Kier molecular flexibility index (Phi) is 7.45. The van der Waals surface area contributed by atoms with E-state index in [0.717, 1.165) is 4.47 Å². The summed E-state index contributed by atoms with van der Waals surface area (Å²) in [7, 11) is -2.80. The second kappa shape index (κ2) is 7.78. The summed E-state index contributed by atoms with van der Waals surface area (Å²) in [5.41, 5.74) is 0. The molecule has 6 heteroatoms. The predicted molar refractivity (Wildman–Crippen MR) is 57.8 cm³/mol. The minimum atomic E-state index is -2.80. The first-order valence-electron chi connectivity index (χ1n) is 3.79. The molecule has 0 bridgehead atoms. The summed E-state index contributed by atoms with van der Waals surface area (Å²) in [6.07, 6.45) is 0. The number of aliphatic hydroxyl groups excluding tert-OH is 1. The first-order valence-corrected chi connectivity index (χ1v) is 5.67. The fourth-order valence-electron chi connectivity index (χ4n) is 0.582. The van der Waals surface area contributed by atoms with Gasteiger partial charge in [0.25, 0.3) is 11.0 Å². The number of rotatable bonds is 2. The van der Waals surface area contributed by atoms with Crippen molar-refractivity contribution < 1.29 is 17.7 Å². The Bertz CT molecular complexity index is 313. The lowest BCUT2D eigenvalue weighted by Crippen LogP contribution is -1.88. The third-order valence-corrected chi connectivity index (χ3v) is 1.88. The lowest BCUT2D eigenvalue weighted by molar-refractivity contribution is 0.318. The Morgan fingerprint density at radius 2 is 1.79 bits per heavy atom. The van der Waals surface area contributed by atoms with Crippen molar-refractivity contribution in [2.24, 2.45) is 0 Å². The van der Waals surface area contributed by atoms with E-state index in [4.69, 9.17) is 5.11 Å². The van der Waals surface area contributed by atoms with E-state index in [-0.39, 0.29) is 6.61 Å². The van der Waals surface area contributed by atoms with Crippen LogP contribution in [0.5, 0.6) is 5.75 Å². The molecule has 0 saturated carbocycles. The van der Waals surface area contributed by atoms with Gasteiger partial charge in [0, 0.05) is 11.1 Å². The molecule has 0 radical (unpaired) electrons. The van der Waals surface area contributed by atoms with Crippen molar-refractivity contribution in [2.75, 3.05) is 6.61 Å². The van der Waals surface area contributed by atoms with Gasteiger partial charge in [-0.25, -0.2) is 0 Å². The maximum absolute atomic E-state index is 10.1. The Morgan fingerprint density at radius 1 is 1.36 bits per heavy atom. The van der Waals surface area contributed by atoms with Crippen LogP contribution in [-0.2, 0) is 11.0 Å². The van der Waals surface area contributed by atoms with Crippen molar-refractivity contribution in [3.05, 3.63) is 28.7 Å². The lowest BCUT2D eigenvalue weighted by Gasteiger charge is -1.95. The smallest absolute Gasteiger partial charge is 0.299 e. The highest BCUT2D eigenvalue weighted by Gasteiger charge is 1.92. The van der Waals surface area contributed by atoms with Crippen molar-refractivity contribution in [3.63, 3.8) is 0 Å². The van der Waals surface area contributed by atoms with Crippen LogP contribution in [0.1, 0.15) is 6.92 Å². The monoisotopic (exact) mass is 282 g/mol. The maximum atomic E-state index is 10.1. The standard InChI is InChI=1S/C6H5BrO3S.C2H6O/c7-5-1-3-6(4-2-5)10-11(8)9;1-2-3/h1-4,11H;3H,2H2,1H3. The molecule has 14 heavy (non-hydrogen) atoms. The van der Waals surface area contributed by atoms with Crippen LogP contribution < -0.4 is 4.18 Å². The van der Waals surface area contributed by atoms with E-state index >= 15 is 0 Å². The molecular weight excluding hydrogens is 272 g/mol. The van der Waals surface area contributed by atoms with Crippen LogP contribution in [0.15, 0.2) is 28.7 Å². The molecule has 0 aliphatic carbocycles. The Labute approximate surface area is 92.8 Å². The van der Waals surface area contributed by atoms with Gasteiger partial charge in [0.15, 0.2) is 0 Å². The summed E-state index contributed by atoms with van der Waals surface area (Å²) in [6, 6.07) is 6.53. The number of halogens is 1. The molecule has 0 amide bonds. The summed E-state index contributed by atoms with van der Waals surface area (Å²) in [4.78, 5) is 0. The van der Waals surface area contributed by atoms with Gasteiger partial charge >= 0.3 is 0 Å². The summed E-state index contributed by atoms with van der Waals surface area (Å²) in [5.74, 6) is 0.323. The molecule has 80 valence electrons. The largest absolute Gasteiger partial charge is 0.397 e. The highest BCUT2D eigenvalue weighted by Crippen LogP contribution is 2.15. The van der Waals surface area contributed by atoms with E-state index in [1.807, 2.05) is 0 Å². The van der Waals surface area contributed by atoms with Crippen LogP contribution in [0.3, 0.4) is 0 Å². The number of aliphatic hydroxyl groups is 1. The molecule has 1 aromatic rings. The van der Waals surface area contributed by atoms with Gasteiger partial charge in [0.05, 0.1) is 0 Å². The molecule has 0 aromatic heterocycles. The van der Waals surface area contributed by atoms with E-state index < -0.39 is 11.0 Å². The van der Waals surface area contributed by atoms with Crippen molar-refractivity contribution in [1.29, 1.82) is 0 Å².